The summed E-state index contributed by atoms with van der Waals surface area (Å²) in [5, 5.41) is 23.4. The van der Waals surface area contributed by atoms with Gasteiger partial charge in [0.1, 0.15) is 0 Å². The first-order valence-corrected chi connectivity index (χ1v) is 35.1. The van der Waals surface area contributed by atoms with E-state index >= 15 is 0 Å². The van der Waals surface area contributed by atoms with Crippen molar-refractivity contribution in [2.24, 2.45) is 0 Å². The molecule has 0 radical (unpaired) electrons. The van der Waals surface area contributed by atoms with E-state index in [1.54, 1.807) is 0 Å². The number of aliphatic hydroxyl groups is 2. The zero-order valence-corrected chi connectivity index (χ0v) is 52.2. The van der Waals surface area contributed by atoms with Crippen LogP contribution in [0.3, 0.4) is 0 Å². The molecule has 0 fully saturated rings. The van der Waals surface area contributed by atoms with Crippen molar-refractivity contribution >= 4 is 11.9 Å². The standard InChI is InChI=1S/C71H137NO5/c1-3-5-7-9-11-13-15-17-19-21-23-24-25-26-27-28-29-31-35-39-43-47-51-55-59-63-69(74)68(67-73)72-70(75)64-60-56-52-48-44-40-36-32-30-34-38-42-46-50-54-58-62-66-77-71(76)65-61-57-53-49-45-41-37-33-22-20-18-16-14-12-10-8-6-4-2/h20,22,30,34,68-69,73-74H,3-19,21,23-29,31-33,35-67H2,1-2H3,(H,72,75)/b22-20-,34-30-. The number of rotatable bonds is 66. The number of nitrogens with one attached hydrogen (secondary N) is 1. The van der Waals surface area contributed by atoms with Gasteiger partial charge in [-0.05, 0) is 77.0 Å². The maximum atomic E-state index is 12.6. The Morgan fingerprint density at radius 3 is 0.922 bits per heavy atom. The van der Waals surface area contributed by atoms with Crippen LogP contribution in [0.25, 0.3) is 0 Å². The zero-order chi connectivity index (χ0) is 55.7. The van der Waals surface area contributed by atoms with Gasteiger partial charge in [0.05, 0.1) is 25.4 Å². The minimum absolute atomic E-state index is 0.00346. The molecule has 0 aromatic heterocycles. The fourth-order valence-electron chi connectivity index (χ4n) is 11.1. The van der Waals surface area contributed by atoms with Gasteiger partial charge in [-0.1, -0.05) is 327 Å². The molecule has 0 rings (SSSR count). The summed E-state index contributed by atoms with van der Waals surface area (Å²) in [7, 11) is 0. The summed E-state index contributed by atoms with van der Waals surface area (Å²) in [5.41, 5.74) is 0. The maximum Gasteiger partial charge on any atom is 0.305 e. The smallest absolute Gasteiger partial charge is 0.305 e. The fourth-order valence-corrected chi connectivity index (χ4v) is 11.1. The predicted octanol–water partition coefficient (Wildman–Crippen LogP) is 22.5. The second kappa shape index (κ2) is 66.8. The van der Waals surface area contributed by atoms with Crippen LogP contribution in [0.2, 0.25) is 0 Å². The first-order valence-electron chi connectivity index (χ1n) is 35.1. The monoisotopic (exact) mass is 1080 g/mol. The Morgan fingerprint density at radius 1 is 0.351 bits per heavy atom. The van der Waals surface area contributed by atoms with E-state index in [9.17, 15) is 19.8 Å². The van der Waals surface area contributed by atoms with E-state index in [4.69, 9.17) is 4.74 Å². The largest absolute Gasteiger partial charge is 0.466 e. The molecule has 6 heteroatoms. The molecule has 0 heterocycles. The zero-order valence-electron chi connectivity index (χ0n) is 52.2. The molecule has 0 aromatic rings. The Hall–Kier alpha value is -1.66. The molecule has 77 heavy (non-hydrogen) atoms. The molecule has 0 aliphatic carbocycles. The van der Waals surface area contributed by atoms with Crippen molar-refractivity contribution in [3.8, 4) is 0 Å². The molecule has 6 nitrogen and oxygen atoms in total. The number of esters is 1. The molecule has 0 aromatic carbocycles. The second-order valence-electron chi connectivity index (χ2n) is 24.2. The van der Waals surface area contributed by atoms with Crippen molar-refractivity contribution in [2.75, 3.05) is 13.2 Å². The SMILES string of the molecule is CCCCCCCCC/C=C\CCCCCCCCCC(=O)OCCCCCCCC/C=C\CCCCCCCCCC(=O)NC(CO)C(O)CCCCCCCCCCCCCCCCCCCCCCCCCCC. The summed E-state index contributed by atoms with van der Waals surface area (Å²) in [6.07, 6.45) is 83.6. The summed E-state index contributed by atoms with van der Waals surface area (Å²) in [5.74, 6) is -0.0460. The molecule has 0 saturated carbocycles. The number of allylic oxidation sites excluding steroid dienone is 4. The molecular weight excluding hydrogens is 947 g/mol. The minimum Gasteiger partial charge on any atom is -0.466 e. The van der Waals surface area contributed by atoms with Crippen LogP contribution < -0.4 is 5.32 Å². The lowest BCUT2D eigenvalue weighted by atomic mass is 10.0. The minimum atomic E-state index is -0.674. The molecule has 456 valence electrons. The third-order valence-corrected chi connectivity index (χ3v) is 16.5. The highest BCUT2D eigenvalue weighted by Crippen LogP contribution is 2.19. The highest BCUT2D eigenvalue weighted by Gasteiger charge is 2.20. The van der Waals surface area contributed by atoms with Crippen molar-refractivity contribution in [2.45, 2.75) is 405 Å². The maximum absolute atomic E-state index is 12.6. The third-order valence-electron chi connectivity index (χ3n) is 16.5. The second-order valence-corrected chi connectivity index (χ2v) is 24.2. The van der Waals surface area contributed by atoms with Gasteiger partial charge >= 0.3 is 5.97 Å². The van der Waals surface area contributed by atoms with E-state index in [0.29, 0.717) is 25.9 Å². The van der Waals surface area contributed by atoms with E-state index in [2.05, 4.69) is 43.5 Å². The fraction of sp³-hybridized carbons (Fsp3) is 0.915. The Bertz CT molecular complexity index is 1200. The normalized spacial score (nSPS) is 12.6. The van der Waals surface area contributed by atoms with E-state index in [0.717, 1.165) is 57.8 Å². The van der Waals surface area contributed by atoms with Crippen LogP contribution in [0, 0.1) is 0 Å². The van der Waals surface area contributed by atoms with Gasteiger partial charge in [-0.15, -0.1) is 0 Å². The Kier molecular flexibility index (Phi) is 65.4. The van der Waals surface area contributed by atoms with E-state index < -0.39 is 12.1 Å². The Morgan fingerprint density at radius 2 is 0.610 bits per heavy atom. The van der Waals surface area contributed by atoms with Crippen LogP contribution in [-0.4, -0.2) is 47.4 Å². The highest BCUT2D eigenvalue weighted by molar-refractivity contribution is 5.76. The molecular formula is C71H137NO5. The van der Waals surface area contributed by atoms with Gasteiger partial charge in [0.15, 0.2) is 0 Å². The number of amides is 1. The predicted molar refractivity (Wildman–Crippen MR) is 338 cm³/mol. The van der Waals surface area contributed by atoms with Crippen LogP contribution in [-0.2, 0) is 14.3 Å². The highest BCUT2D eigenvalue weighted by atomic mass is 16.5. The van der Waals surface area contributed by atoms with E-state index in [1.165, 1.54) is 302 Å². The summed E-state index contributed by atoms with van der Waals surface area (Å²) in [4.78, 5) is 24.7. The van der Waals surface area contributed by atoms with Crippen LogP contribution in [0.1, 0.15) is 393 Å². The number of ether oxygens (including phenoxy) is 1. The molecule has 2 unspecified atom stereocenters. The molecule has 0 spiro atoms. The first-order chi connectivity index (χ1) is 38.0. The molecule has 0 aliphatic rings. The van der Waals surface area contributed by atoms with Crippen LogP contribution in [0.15, 0.2) is 24.3 Å². The summed E-state index contributed by atoms with van der Waals surface area (Å²) >= 11 is 0. The summed E-state index contributed by atoms with van der Waals surface area (Å²) in [6.45, 7) is 4.97. The third kappa shape index (κ3) is 63.4. The number of aliphatic hydroxyl groups excluding tert-OH is 2. The lowest BCUT2D eigenvalue weighted by Crippen LogP contribution is -2.45. The van der Waals surface area contributed by atoms with Gasteiger partial charge < -0.3 is 20.3 Å². The van der Waals surface area contributed by atoms with Crippen LogP contribution in [0.4, 0.5) is 0 Å². The molecule has 0 bridgehead atoms. The van der Waals surface area contributed by atoms with Crippen molar-refractivity contribution < 1.29 is 24.5 Å². The van der Waals surface area contributed by atoms with Gasteiger partial charge in [-0.25, -0.2) is 0 Å². The van der Waals surface area contributed by atoms with Crippen molar-refractivity contribution in [1.82, 2.24) is 5.32 Å². The van der Waals surface area contributed by atoms with Gasteiger partial charge in [0.2, 0.25) is 5.91 Å². The number of hydrogen-bond acceptors (Lipinski definition) is 5. The number of unbranched alkanes of at least 4 members (excludes halogenated alkanes) is 51. The molecule has 3 N–H and O–H groups in total. The average Bonchev–Trinajstić information content (AvgIpc) is 3.43. The number of hydrogen-bond donors (Lipinski definition) is 3. The van der Waals surface area contributed by atoms with Gasteiger partial charge in [-0.3, -0.25) is 9.59 Å². The molecule has 0 saturated heterocycles. The average molecular weight is 1080 g/mol. The topological polar surface area (TPSA) is 95.9 Å². The number of carbonyl (C=O) groups is 2. The lowest BCUT2D eigenvalue weighted by Gasteiger charge is -2.22. The van der Waals surface area contributed by atoms with Gasteiger partial charge in [-0.2, -0.15) is 0 Å². The van der Waals surface area contributed by atoms with Crippen LogP contribution >= 0.6 is 0 Å². The summed E-state index contributed by atoms with van der Waals surface area (Å²) < 4.78 is 5.49. The Labute approximate surface area is 481 Å². The van der Waals surface area contributed by atoms with Crippen LogP contribution in [0.5, 0.6) is 0 Å². The van der Waals surface area contributed by atoms with Crippen molar-refractivity contribution in [3.63, 3.8) is 0 Å². The quantitative estimate of drug-likeness (QED) is 0.0320. The van der Waals surface area contributed by atoms with Crippen molar-refractivity contribution in [3.05, 3.63) is 24.3 Å². The van der Waals surface area contributed by atoms with E-state index in [-0.39, 0.29) is 18.5 Å². The molecule has 1 amide bonds. The lowest BCUT2D eigenvalue weighted by molar-refractivity contribution is -0.143. The van der Waals surface area contributed by atoms with Crippen molar-refractivity contribution in [1.29, 1.82) is 0 Å². The van der Waals surface area contributed by atoms with Gasteiger partial charge in [0, 0.05) is 12.8 Å². The Balaban J connectivity index is 3.43. The molecule has 2 atom stereocenters. The van der Waals surface area contributed by atoms with E-state index in [1.807, 2.05) is 0 Å². The molecule has 0 aliphatic heterocycles. The number of carbonyl (C=O) groups excluding carboxylic acids is 2. The van der Waals surface area contributed by atoms with Gasteiger partial charge in [0.25, 0.3) is 0 Å². The summed E-state index contributed by atoms with van der Waals surface area (Å²) in [6, 6.07) is -0.552. The first kappa shape index (κ1) is 75.3.